The summed E-state index contributed by atoms with van der Waals surface area (Å²) in [5.41, 5.74) is 6.74. The Hall–Kier alpha value is -2.76. The molecule has 2 saturated heterocycles. The molecule has 0 radical (unpaired) electrons. The summed E-state index contributed by atoms with van der Waals surface area (Å²) < 4.78 is 49.8. The number of nitrogens with zero attached hydrogens (tertiary/aromatic N) is 3. The van der Waals surface area contributed by atoms with Gasteiger partial charge in [0.15, 0.2) is 0 Å². The molecular formula is C28H44FN5O4S. The number of ether oxygens (including phenoxy) is 1. The molecule has 1 amide bonds. The highest BCUT2D eigenvalue weighted by molar-refractivity contribution is 7.87. The first-order chi connectivity index (χ1) is 18.2. The van der Waals surface area contributed by atoms with E-state index in [9.17, 15) is 17.6 Å². The van der Waals surface area contributed by atoms with Gasteiger partial charge in [0.2, 0.25) is 0 Å². The van der Waals surface area contributed by atoms with Crippen molar-refractivity contribution in [3.8, 4) is 17.0 Å². The van der Waals surface area contributed by atoms with Gasteiger partial charge in [-0.05, 0) is 69.2 Å². The molecule has 2 atom stereocenters. The Labute approximate surface area is 234 Å². The van der Waals surface area contributed by atoms with Crippen LogP contribution in [0.3, 0.4) is 0 Å². The summed E-state index contributed by atoms with van der Waals surface area (Å²) >= 11 is 0. The average Bonchev–Trinajstić information content (AvgIpc) is 3.13. The first-order valence-electron chi connectivity index (χ1n) is 13.6. The third-order valence-electron chi connectivity index (χ3n) is 7.18. The van der Waals surface area contributed by atoms with E-state index in [1.807, 2.05) is 18.7 Å². The van der Waals surface area contributed by atoms with Crippen LogP contribution in [0.5, 0.6) is 5.75 Å². The second-order valence-electron chi connectivity index (χ2n) is 11.9. The molecule has 0 spiro atoms. The Morgan fingerprint density at radius 1 is 1.28 bits per heavy atom. The smallest absolute Gasteiger partial charge is 0.304 e. The number of aromatic nitrogens is 1. The Kier molecular flexibility index (Phi) is 8.53. The summed E-state index contributed by atoms with van der Waals surface area (Å²) in [6.07, 6.45) is 2.24. The van der Waals surface area contributed by atoms with Crippen LogP contribution in [0, 0.1) is 17.7 Å². The van der Waals surface area contributed by atoms with Crippen LogP contribution in [0.15, 0.2) is 30.3 Å². The third-order valence-corrected chi connectivity index (χ3v) is 8.64. The standard InChI is InChI=1S/C28H40FN5O4S.2H2/c1-18(2)17-38-23-12-20(11-21(29)13-23)25-9-8-24(26(31-25)34-15-19(3)14-28(34,4)5)27(35)32-39(36,37)33-10-6-7-22(30)16-33;;/h8-9,11-13,18-19,22H,6-7,10,14-17,30H2,1-5H3,(H,32,35);2*1H/t19-,22+;;/m0../s1. The molecule has 1 aromatic carbocycles. The summed E-state index contributed by atoms with van der Waals surface area (Å²) in [7, 11) is -4.09. The largest absolute Gasteiger partial charge is 0.493 e. The quantitative estimate of drug-likeness (QED) is 0.486. The number of pyridine rings is 1. The molecule has 39 heavy (non-hydrogen) atoms. The number of amides is 1. The number of carbonyl (C=O) groups excluding carboxylic acids is 1. The van der Waals surface area contributed by atoms with Crippen LogP contribution in [0.4, 0.5) is 10.2 Å². The molecule has 0 bridgehead atoms. The molecular weight excluding hydrogens is 521 g/mol. The SMILES string of the molecule is CC(C)COc1cc(F)cc(-c2ccc(C(=O)NS(=O)(=O)N3CCC[C@@H](N)C3)c(N3C[C@@H](C)CC3(C)C)n2)c1.[HH].[HH]. The van der Waals surface area contributed by atoms with Crippen molar-refractivity contribution in [1.82, 2.24) is 14.0 Å². The zero-order chi connectivity index (χ0) is 28.5. The minimum Gasteiger partial charge on any atom is -0.493 e. The van der Waals surface area contributed by atoms with Gasteiger partial charge in [-0.1, -0.05) is 20.8 Å². The van der Waals surface area contributed by atoms with Crippen LogP contribution >= 0.6 is 0 Å². The monoisotopic (exact) mass is 565 g/mol. The molecule has 3 N–H and O–H groups in total. The molecule has 2 aliphatic rings. The lowest BCUT2D eigenvalue weighted by molar-refractivity contribution is 0.0978. The second kappa shape index (κ2) is 11.4. The lowest BCUT2D eigenvalue weighted by Gasteiger charge is -2.34. The number of anilines is 1. The molecule has 2 aliphatic heterocycles. The Morgan fingerprint density at radius 3 is 2.67 bits per heavy atom. The van der Waals surface area contributed by atoms with E-state index in [-0.39, 0.29) is 32.5 Å². The number of hydrogen-bond donors (Lipinski definition) is 2. The zero-order valence-corrected chi connectivity index (χ0v) is 24.2. The summed E-state index contributed by atoms with van der Waals surface area (Å²) in [5.74, 6) is 0.139. The van der Waals surface area contributed by atoms with Crippen molar-refractivity contribution in [1.29, 1.82) is 0 Å². The minimum absolute atomic E-state index is 0. The van der Waals surface area contributed by atoms with E-state index in [4.69, 9.17) is 15.5 Å². The molecule has 2 aromatic rings. The number of nitrogens with two attached hydrogens (primary N) is 1. The van der Waals surface area contributed by atoms with Crippen LogP contribution in [0.2, 0.25) is 0 Å². The highest BCUT2D eigenvalue weighted by atomic mass is 32.2. The molecule has 11 heteroatoms. The number of halogens is 1. The molecule has 1 aromatic heterocycles. The fraction of sp³-hybridized carbons (Fsp3) is 0.571. The normalized spacial score (nSPS) is 21.8. The summed E-state index contributed by atoms with van der Waals surface area (Å²) in [6.45, 7) is 11.8. The highest BCUT2D eigenvalue weighted by Gasteiger charge is 2.39. The molecule has 3 heterocycles. The summed E-state index contributed by atoms with van der Waals surface area (Å²) in [5, 5.41) is 0. The highest BCUT2D eigenvalue weighted by Crippen LogP contribution is 2.38. The average molecular weight is 566 g/mol. The lowest BCUT2D eigenvalue weighted by atomic mass is 9.97. The first kappa shape index (κ1) is 29.2. The number of rotatable bonds is 8. The number of hydrogen-bond acceptors (Lipinski definition) is 7. The van der Waals surface area contributed by atoms with Gasteiger partial charge in [-0.3, -0.25) is 4.79 Å². The number of carbonyl (C=O) groups is 1. The van der Waals surface area contributed by atoms with Crippen LogP contribution < -0.4 is 20.1 Å². The predicted octanol–water partition coefficient (Wildman–Crippen LogP) is 4.44. The number of piperidine rings is 1. The van der Waals surface area contributed by atoms with Crippen LogP contribution in [0.25, 0.3) is 11.3 Å². The van der Waals surface area contributed by atoms with E-state index in [1.165, 1.54) is 16.4 Å². The van der Waals surface area contributed by atoms with Gasteiger partial charge in [-0.25, -0.2) is 14.1 Å². The van der Waals surface area contributed by atoms with E-state index in [0.29, 0.717) is 54.9 Å². The van der Waals surface area contributed by atoms with E-state index in [2.05, 4.69) is 25.5 Å². The van der Waals surface area contributed by atoms with E-state index in [1.54, 1.807) is 18.2 Å². The van der Waals surface area contributed by atoms with Gasteiger partial charge in [-0.2, -0.15) is 12.7 Å². The summed E-state index contributed by atoms with van der Waals surface area (Å²) in [4.78, 5) is 20.3. The van der Waals surface area contributed by atoms with Gasteiger partial charge in [0, 0.05) is 45.7 Å². The Balaban J connectivity index is 0.00000294. The van der Waals surface area contributed by atoms with E-state index in [0.717, 1.165) is 12.8 Å². The second-order valence-corrected chi connectivity index (χ2v) is 13.5. The molecule has 218 valence electrons. The van der Waals surface area contributed by atoms with Gasteiger partial charge in [0.25, 0.3) is 5.91 Å². The topological polar surface area (TPSA) is 118 Å². The van der Waals surface area contributed by atoms with Gasteiger partial charge in [0.05, 0.1) is 17.9 Å². The Morgan fingerprint density at radius 2 is 2.03 bits per heavy atom. The predicted molar refractivity (Wildman–Crippen MR) is 155 cm³/mol. The van der Waals surface area contributed by atoms with Crippen molar-refractivity contribution in [2.45, 2.75) is 65.5 Å². The van der Waals surface area contributed by atoms with Gasteiger partial charge < -0.3 is 15.4 Å². The Bertz CT molecular complexity index is 1330. The maximum Gasteiger partial charge on any atom is 0.304 e. The van der Waals surface area contributed by atoms with Crippen molar-refractivity contribution < 1.29 is 25.2 Å². The van der Waals surface area contributed by atoms with Gasteiger partial charge in [0.1, 0.15) is 17.4 Å². The van der Waals surface area contributed by atoms with Crippen molar-refractivity contribution >= 4 is 21.9 Å². The van der Waals surface area contributed by atoms with Crippen molar-refractivity contribution in [3.05, 3.63) is 41.7 Å². The van der Waals surface area contributed by atoms with Gasteiger partial charge in [-0.15, -0.1) is 0 Å². The molecule has 2 fully saturated rings. The van der Waals surface area contributed by atoms with Crippen molar-refractivity contribution in [2.75, 3.05) is 31.1 Å². The van der Waals surface area contributed by atoms with E-state index >= 15 is 0 Å². The number of nitrogens with one attached hydrogen (secondary N) is 1. The van der Waals surface area contributed by atoms with Crippen LogP contribution in [-0.4, -0.2) is 61.4 Å². The maximum atomic E-state index is 14.5. The molecule has 9 nitrogen and oxygen atoms in total. The van der Waals surface area contributed by atoms with E-state index < -0.39 is 21.9 Å². The third kappa shape index (κ3) is 6.88. The molecule has 4 rings (SSSR count). The molecule has 0 saturated carbocycles. The zero-order valence-electron chi connectivity index (χ0n) is 23.4. The van der Waals surface area contributed by atoms with Crippen LogP contribution in [0.1, 0.15) is 67.1 Å². The molecule has 0 aliphatic carbocycles. The molecule has 0 unspecified atom stereocenters. The number of benzene rings is 1. The first-order valence-corrected chi connectivity index (χ1v) is 15.0. The van der Waals surface area contributed by atoms with Crippen molar-refractivity contribution in [2.24, 2.45) is 17.6 Å². The fourth-order valence-electron chi connectivity index (χ4n) is 5.44. The van der Waals surface area contributed by atoms with Gasteiger partial charge >= 0.3 is 10.2 Å². The fourth-order valence-corrected chi connectivity index (χ4v) is 6.67. The summed E-state index contributed by atoms with van der Waals surface area (Å²) in [6, 6.07) is 7.32. The van der Waals surface area contributed by atoms with Crippen molar-refractivity contribution in [3.63, 3.8) is 0 Å². The van der Waals surface area contributed by atoms with Crippen LogP contribution in [-0.2, 0) is 10.2 Å². The minimum atomic E-state index is -4.09. The maximum absolute atomic E-state index is 14.5. The lowest BCUT2D eigenvalue weighted by Crippen LogP contribution is -2.51.